The molecule has 2 aromatic carbocycles. The first-order valence-electron chi connectivity index (χ1n) is 8.57. The summed E-state index contributed by atoms with van der Waals surface area (Å²) >= 11 is 0. The van der Waals surface area contributed by atoms with Gasteiger partial charge in [0, 0.05) is 24.3 Å². The van der Waals surface area contributed by atoms with Crippen molar-refractivity contribution in [2.24, 2.45) is 0 Å². The van der Waals surface area contributed by atoms with Gasteiger partial charge in [-0.05, 0) is 48.7 Å². The lowest BCUT2D eigenvalue weighted by Gasteiger charge is -2.18. The fraction of sp³-hybridized carbons (Fsp3) is 0.300. The van der Waals surface area contributed by atoms with Gasteiger partial charge in [0.05, 0.1) is 12.5 Å². The van der Waals surface area contributed by atoms with E-state index >= 15 is 0 Å². The zero-order chi connectivity index (χ0) is 17.8. The van der Waals surface area contributed by atoms with Crippen LogP contribution in [0, 0.1) is 0 Å². The molecule has 0 aromatic heterocycles. The predicted octanol–water partition coefficient (Wildman–Crippen LogP) is 2.82. The number of amides is 2. The topological polar surface area (TPSA) is 75.4 Å². The van der Waals surface area contributed by atoms with Crippen LogP contribution < -0.4 is 16.0 Å². The summed E-state index contributed by atoms with van der Waals surface area (Å²) < 4.78 is 0. The molecule has 1 aliphatic heterocycles. The van der Waals surface area contributed by atoms with Gasteiger partial charge in [-0.15, -0.1) is 0 Å². The highest BCUT2D eigenvalue weighted by atomic mass is 16.2. The number of nitrogens with two attached hydrogens (primary N) is 1. The Hall–Kier alpha value is -2.82. The van der Waals surface area contributed by atoms with Gasteiger partial charge < -0.3 is 16.0 Å². The highest BCUT2D eigenvalue weighted by molar-refractivity contribution is 5.95. The summed E-state index contributed by atoms with van der Waals surface area (Å²) in [6.07, 6.45) is 1.86. The number of nitrogen functional groups attached to an aromatic ring is 1. The summed E-state index contributed by atoms with van der Waals surface area (Å²) in [6.45, 7) is 2.74. The molecule has 1 aliphatic rings. The number of hydrogen-bond acceptors (Lipinski definition) is 3. The quantitative estimate of drug-likeness (QED) is 0.824. The average molecular weight is 337 g/mol. The van der Waals surface area contributed by atoms with Crippen LogP contribution in [0.5, 0.6) is 0 Å². The van der Waals surface area contributed by atoms with E-state index in [-0.39, 0.29) is 17.9 Å². The van der Waals surface area contributed by atoms with Gasteiger partial charge >= 0.3 is 0 Å². The Morgan fingerprint density at radius 3 is 2.44 bits per heavy atom. The van der Waals surface area contributed by atoms with Crippen molar-refractivity contribution in [3.8, 4) is 0 Å². The summed E-state index contributed by atoms with van der Waals surface area (Å²) in [7, 11) is 0. The maximum atomic E-state index is 12.2. The van der Waals surface area contributed by atoms with E-state index in [4.69, 9.17) is 5.73 Å². The number of nitrogens with one attached hydrogen (secondary N) is 1. The molecular weight excluding hydrogens is 314 g/mol. The van der Waals surface area contributed by atoms with Gasteiger partial charge in [0.25, 0.3) is 0 Å². The fourth-order valence-electron chi connectivity index (χ4n) is 3.06. The van der Waals surface area contributed by atoms with E-state index in [2.05, 4.69) is 5.32 Å². The van der Waals surface area contributed by atoms with Gasteiger partial charge in [0.15, 0.2) is 0 Å². The van der Waals surface area contributed by atoms with Crippen molar-refractivity contribution in [3.05, 3.63) is 59.7 Å². The van der Waals surface area contributed by atoms with Crippen molar-refractivity contribution in [1.82, 2.24) is 5.32 Å². The Bertz CT molecular complexity index is 754. The molecule has 0 spiro atoms. The Balaban J connectivity index is 1.58. The zero-order valence-electron chi connectivity index (χ0n) is 14.4. The van der Waals surface area contributed by atoms with E-state index in [1.807, 2.05) is 48.2 Å². The molecule has 1 atom stereocenters. The number of hydrogen-bond donors (Lipinski definition) is 2. The summed E-state index contributed by atoms with van der Waals surface area (Å²) in [5.74, 6) is 0.147. The van der Waals surface area contributed by atoms with E-state index in [0.29, 0.717) is 18.5 Å². The second-order valence-electron chi connectivity index (χ2n) is 6.45. The van der Waals surface area contributed by atoms with Crippen LogP contribution in [0.25, 0.3) is 0 Å². The van der Waals surface area contributed by atoms with Gasteiger partial charge in [-0.1, -0.05) is 24.3 Å². The molecule has 2 amide bonds. The lowest BCUT2D eigenvalue weighted by atomic mass is 10.1. The van der Waals surface area contributed by atoms with Gasteiger partial charge in [0.1, 0.15) is 0 Å². The molecule has 0 bridgehead atoms. The first-order valence-corrected chi connectivity index (χ1v) is 8.57. The number of carbonyl (C=O) groups is 2. The first-order chi connectivity index (χ1) is 12.0. The third-order valence-electron chi connectivity index (χ3n) is 4.50. The molecule has 3 N–H and O–H groups in total. The van der Waals surface area contributed by atoms with Crippen molar-refractivity contribution < 1.29 is 9.59 Å². The third kappa shape index (κ3) is 4.18. The summed E-state index contributed by atoms with van der Waals surface area (Å²) in [6, 6.07) is 15.1. The molecule has 1 heterocycles. The van der Waals surface area contributed by atoms with Crippen LogP contribution in [0.1, 0.15) is 36.9 Å². The molecule has 0 radical (unpaired) electrons. The van der Waals surface area contributed by atoms with Gasteiger partial charge in [-0.3, -0.25) is 9.59 Å². The Morgan fingerprint density at radius 1 is 1.16 bits per heavy atom. The van der Waals surface area contributed by atoms with Crippen molar-refractivity contribution in [1.29, 1.82) is 0 Å². The number of benzene rings is 2. The molecule has 1 saturated heterocycles. The Labute approximate surface area is 147 Å². The van der Waals surface area contributed by atoms with Crippen molar-refractivity contribution in [2.45, 2.75) is 32.2 Å². The molecule has 0 aliphatic carbocycles. The minimum absolute atomic E-state index is 0.0314. The predicted molar refractivity (Wildman–Crippen MR) is 99.1 cm³/mol. The lowest BCUT2D eigenvalue weighted by Crippen LogP contribution is -2.28. The molecule has 3 rings (SSSR count). The summed E-state index contributed by atoms with van der Waals surface area (Å²) in [5, 5.41) is 3.01. The third-order valence-corrected chi connectivity index (χ3v) is 4.50. The van der Waals surface area contributed by atoms with Crippen LogP contribution >= 0.6 is 0 Å². The van der Waals surface area contributed by atoms with Crippen molar-refractivity contribution in [2.75, 3.05) is 17.2 Å². The van der Waals surface area contributed by atoms with E-state index in [0.717, 1.165) is 29.8 Å². The van der Waals surface area contributed by atoms with E-state index < -0.39 is 0 Å². The molecule has 5 heteroatoms. The SMILES string of the molecule is CC(NC(=O)Cc1ccc(N)cc1)c1ccc(N2CCCC2=O)cc1. The van der Waals surface area contributed by atoms with Gasteiger partial charge in [-0.25, -0.2) is 0 Å². The van der Waals surface area contributed by atoms with Crippen molar-refractivity contribution in [3.63, 3.8) is 0 Å². The maximum absolute atomic E-state index is 12.2. The minimum Gasteiger partial charge on any atom is -0.399 e. The zero-order valence-corrected chi connectivity index (χ0v) is 14.4. The lowest BCUT2D eigenvalue weighted by molar-refractivity contribution is -0.121. The number of carbonyl (C=O) groups excluding carboxylic acids is 2. The standard InChI is InChI=1S/C20H23N3O2/c1-14(22-19(24)13-15-4-8-17(21)9-5-15)16-6-10-18(11-7-16)23-12-2-3-20(23)25/h4-11,14H,2-3,12-13,21H2,1H3,(H,22,24). The van der Waals surface area contributed by atoms with Crippen molar-refractivity contribution >= 4 is 23.2 Å². The van der Waals surface area contributed by atoms with Gasteiger partial charge in [0.2, 0.25) is 11.8 Å². The molecular formula is C20H23N3O2. The van der Waals surface area contributed by atoms with Crippen LogP contribution in [-0.4, -0.2) is 18.4 Å². The minimum atomic E-state index is -0.0930. The molecule has 1 unspecified atom stereocenters. The number of rotatable bonds is 5. The highest BCUT2D eigenvalue weighted by Crippen LogP contribution is 2.23. The van der Waals surface area contributed by atoms with Crippen LogP contribution in [0.15, 0.2) is 48.5 Å². The van der Waals surface area contributed by atoms with Crippen LogP contribution in [0.4, 0.5) is 11.4 Å². The Morgan fingerprint density at radius 2 is 1.84 bits per heavy atom. The van der Waals surface area contributed by atoms with E-state index in [1.165, 1.54) is 0 Å². The van der Waals surface area contributed by atoms with E-state index in [9.17, 15) is 9.59 Å². The van der Waals surface area contributed by atoms with Crippen LogP contribution in [0.3, 0.4) is 0 Å². The highest BCUT2D eigenvalue weighted by Gasteiger charge is 2.21. The second-order valence-corrected chi connectivity index (χ2v) is 6.45. The molecule has 1 fully saturated rings. The van der Waals surface area contributed by atoms with Crippen LogP contribution in [0.2, 0.25) is 0 Å². The largest absolute Gasteiger partial charge is 0.399 e. The second kappa shape index (κ2) is 7.38. The molecule has 5 nitrogen and oxygen atoms in total. The maximum Gasteiger partial charge on any atom is 0.227 e. The summed E-state index contributed by atoms with van der Waals surface area (Å²) in [4.78, 5) is 25.8. The van der Waals surface area contributed by atoms with Gasteiger partial charge in [-0.2, -0.15) is 0 Å². The molecule has 2 aromatic rings. The van der Waals surface area contributed by atoms with Crippen LogP contribution in [-0.2, 0) is 16.0 Å². The molecule has 0 saturated carbocycles. The Kier molecular flexibility index (Phi) is 5.03. The summed E-state index contributed by atoms with van der Waals surface area (Å²) in [5.41, 5.74) is 9.21. The normalized spacial score (nSPS) is 15.2. The monoisotopic (exact) mass is 337 g/mol. The molecule has 25 heavy (non-hydrogen) atoms. The fourth-order valence-corrected chi connectivity index (χ4v) is 3.06. The first kappa shape index (κ1) is 17.0. The molecule has 130 valence electrons. The average Bonchev–Trinajstić information content (AvgIpc) is 3.03. The smallest absolute Gasteiger partial charge is 0.227 e. The number of nitrogens with zero attached hydrogens (tertiary/aromatic N) is 1. The number of anilines is 2. The van der Waals surface area contributed by atoms with E-state index in [1.54, 1.807) is 12.1 Å².